The molecule has 1 aliphatic carbocycles. The number of benzene rings is 3. The van der Waals surface area contributed by atoms with Crippen LogP contribution in [0.25, 0.3) is 22.1 Å². The number of nitrogens with zero attached hydrogens (tertiary/aromatic N) is 4. The maximum atomic E-state index is 8.48. The molecule has 172 valence electrons. The maximum Gasteiger partial charge on any atom is 0.0376 e. The van der Waals surface area contributed by atoms with Crippen molar-refractivity contribution in [1.29, 1.82) is 0 Å². The summed E-state index contributed by atoms with van der Waals surface area (Å²) in [5.41, 5.74) is 17.0. The molecule has 0 atom stereocenters. The molecule has 3 aromatic carbocycles. The fourth-order valence-corrected chi connectivity index (χ4v) is 4.89. The molecule has 1 aliphatic heterocycles. The third-order valence-electron chi connectivity index (χ3n) is 6.76. The second-order valence-corrected chi connectivity index (χ2v) is 8.97. The third kappa shape index (κ3) is 5.25. The zero-order valence-corrected chi connectivity index (χ0v) is 19.3. The number of nitrogens with one attached hydrogen (secondary N) is 2. The number of rotatable bonds is 8. The van der Waals surface area contributed by atoms with Crippen molar-refractivity contribution >= 4 is 28.7 Å². The van der Waals surface area contributed by atoms with Crippen LogP contribution < -0.4 is 15.5 Å². The molecular weight excluding hydrogens is 420 g/mol. The van der Waals surface area contributed by atoms with E-state index >= 15 is 0 Å². The standard InChI is InChI=1S/C28H30N6/c29-33-32-27-10-8-25(9-11-27)30-14-15-31-26-12-16-34(17-13-26)28-7-3-6-23(20-28)24-18-21-4-1-2-5-22(21)19-24/h1-11,18,20,26,30-31H,12-17,19H2. The van der Waals surface area contributed by atoms with Gasteiger partial charge in [0.15, 0.2) is 0 Å². The second-order valence-electron chi connectivity index (χ2n) is 8.97. The van der Waals surface area contributed by atoms with E-state index in [0.717, 1.165) is 51.1 Å². The van der Waals surface area contributed by atoms with Crippen LogP contribution in [0.1, 0.15) is 29.5 Å². The predicted octanol–water partition coefficient (Wildman–Crippen LogP) is 6.40. The smallest absolute Gasteiger partial charge is 0.0376 e. The predicted molar refractivity (Wildman–Crippen MR) is 141 cm³/mol. The van der Waals surface area contributed by atoms with E-state index in [-0.39, 0.29) is 0 Å². The highest BCUT2D eigenvalue weighted by Crippen LogP contribution is 2.33. The van der Waals surface area contributed by atoms with Gasteiger partial charge in [-0.3, -0.25) is 0 Å². The molecule has 2 aliphatic rings. The summed E-state index contributed by atoms with van der Waals surface area (Å²) in [6.07, 6.45) is 5.67. The molecule has 34 heavy (non-hydrogen) atoms. The number of hydrogen-bond donors (Lipinski definition) is 2. The first kappa shape index (κ1) is 22.1. The molecular formula is C28H30N6. The van der Waals surface area contributed by atoms with E-state index in [1.807, 2.05) is 24.3 Å². The summed E-state index contributed by atoms with van der Waals surface area (Å²) in [4.78, 5) is 5.33. The Labute approximate surface area is 200 Å². The molecule has 3 aromatic rings. The van der Waals surface area contributed by atoms with Crippen molar-refractivity contribution in [2.45, 2.75) is 25.3 Å². The first-order chi connectivity index (χ1) is 16.8. The Morgan fingerprint density at radius 3 is 2.56 bits per heavy atom. The van der Waals surface area contributed by atoms with Crippen LogP contribution in [0.2, 0.25) is 0 Å². The van der Waals surface area contributed by atoms with Crippen molar-refractivity contribution in [2.75, 3.05) is 36.4 Å². The normalized spacial score (nSPS) is 15.4. The van der Waals surface area contributed by atoms with Crippen LogP contribution in [-0.4, -0.2) is 32.2 Å². The summed E-state index contributed by atoms with van der Waals surface area (Å²) in [7, 11) is 0. The van der Waals surface area contributed by atoms with Gasteiger partial charge in [-0.15, -0.1) is 0 Å². The summed E-state index contributed by atoms with van der Waals surface area (Å²) in [6.45, 7) is 3.94. The summed E-state index contributed by atoms with van der Waals surface area (Å²) >= 11 is 0. The molecule has 2 N–H and O–H groups in total. The summed E-state index contributed by atoms with van der Waals surface area (Å²) in [6, 6.07) is 25.8. The molecule has 1 heterocycles. The van der Waals surface area contributed by atoms with Crippen molar-refractivity contribution in [3.63, 3.8) is 0 Å². The van der Waals surface area contributed by atoms with E-state index in [0.29, 0.717) is 11.7 Å². The largest absolute Gasteiger partial charge is 0.384 e. The van der Waals surface area contributed by atoms with Crippen LogP contribution in [-0.2, 0) is 6.42 Å². The van der Waals surface area contributed by atoms with E-state index in [1.54, 1.807) is 0 Å². The van der Waals surface area contributed by atoms with Crippen LogP contribution in [0, 0.1) is 0 Å². The first-order valence-corrected chi connectivity index (χ1v) is 12.0. The lowest BCUT2D eigenvalue weighted by molar-refractivity contribution is 0.421. The zero-order chi connectivity index (χ0) is 23.2. The Hall–Kier alpha value is -3.73. The highest BCUT2D eigenvalue weighted by Gasteiger charge is 2.20. The lowest BCUT2D eigenvalue weighted by atomic mass is 10.0. The Balaban J connectivity index is 1.08. The molecule has 0 spiro atoms. The van der Waals surface area contributed by atoms with Crippen LogP contribution in [0.3, 0.4) is 0 Å². The van der Waals surface area contributed by atoms with Crippen LogP contribution >= 0.6 is 0 Å². The van der Waals surface area contributed by atoms with E-state index in [2.05, 4.69) is 80.2 Å². The Kier molecular flexibility index (Phi) is 6.80. The van der Waals surface area contributed by atoms with Crippen molar-refractivity contribution < 1.29 is 0 Å². The lowest BCUT2D eigenvalue weighted by Crippen LogP contribution is -2.43. The average molecular weight is 451 g/mol. The second kappa shape index (κ2) is 10.5. The number of azide groups is 1. The van der Waals surface area contributed by atoms with Gasteiger partial charge in [0.25, 0.3) is 0 Å². The van der Waals surface area contributed by atoms with Gasteiger partial charge < -0.3 is 15.5 Å². The number of anilines is 2. The molecule has 0 saturated carbocycles. The van der Waals surface area contributed by atoms with Gasteiger partial charge in [-0.2, -0.15) is 0 Å². The van der Waals surface area contributed by atoms with Crippen molar-refractivity contribution in [3.05, 3.63) is 99.9 Å². The van der Waals surface area contributed by atoms with Gasteiger partial charge >= 0.3 is 0 Å². The topological polar surface area (TPSA) is 76.1 Å². The summed E-state index contributed by atoms with van der Waals surface area (Å²) < 4.78 is 0. The first-order valence-electron chi connectivity index (χ1n) is 12.0. The highest BCUT2D eigenvalue weighted by atomic mass is 15.1. The van der Waals surface area contributed by atoms with Crippen LogP contribution in [0.5, 0.6) is 0 Å². The van der Waals surface area contributed by atoms with Crippen molar-refractivity contribution in [3.8, 4) is 0 Å². The number of fused-ring (bicyclic) bond motifs is 1. The van der Waals surface area contributed by atoms with Gasteiger partial charge in [-0.25, -0.2) is 0 Å². The van der Waals surface area contributed by atoms with E-state index in [1.165, 1.54) is 28.0 Å². The molecule has 0 bridgehead atoms. The summed E-state index contributed by atoms with van der Waals surface area (Å²) in [5.74, 6) is 0. The minimum absolute atomic E-state index is 0.556. The fraction of sp³-hybridized carbons (Fsp3) is 0.286. The number of hydrogen-bond acceptors (Lipinski definition) is 4. The van der Waals surface area contributed by atoms with Gasteiger partial charge in [0, 0.05) is 54.2 Å². The SMILES string of the molecule is [N-]=[N+]=Nc1ccc(NCCNC2CCN(c3cccc(C4=Cc5ccccc5C4)c3)CC2)cc1. The third-order valence-corrected chi connectivity index (χ3v) is 6.76. The minimum Gasteiger partial charge on any atom is -0.384 e. The zero-order valence-electron chi connectivity index (χ0n) is 19.3. The highest BCUT2D eigenvalue weighted by molar-refractivity contribution is 5.89. The van der Waals surface area contributed by atoms with E-state index < -0.39 is 0 Å². The molecule has 6 nitrogen and oxygen atoms in total. The van der Waals surface area contributed by atoms with E-state index in [4.69, 9.17) is 5.53 Å². The van der Waals surface area contributed by atoms with Crippen LogP contribution in [0.15, 0.2) is 77.9 Å². The molecule has 0 radical (unpaired) electrons. The van der Waals surface area contributed by atoms with E-state index in [9.17, 15) is 0 Å². The maximum absolute atomic E-state index is 8.48. The van der Waals surface area contributed by atoms with Gasteiger partial charge in [0.05, 0.1) is 0 Å². The monoisotopic (exact) mass is 450 g/mol. The minimum atomic E-state index is 0.556. The quantitative estimate of drug-likeness (QED) is 0.181. The van der Waals surface area contributed by atoms with Gasteiger partial charge in [0.2, 0.25) is 0 Å². The molecule has 0 unspecified atom stereocenters. The molecule has 5 rings (SSSR count). The van der Waals surface area contributed by atoms with Gasteiger partial charge in [0.1, 0.15) is 0 Å². The number of piperidine rings is 1. The lowest BCUT2D eigenvalue weighted by Gasteiger charge is -2.34. The fourth-order valence-electron chi connectivity index (χ4n) is 4.89. The molecule has 0 aromatic heterocycles. The molecule has 6 heteroatoms. The Morgan fingerprint density at radius 2 is 1.76 bits per heavy atom. The molecule has 0 amide bonds. The number of allylic oxidation sites excluding steroid dienone is 1. The van der Waals surface area contributed by atoms with Crippen molar-refractivity contribution in [1.82, 2.24) is 5.32 Å². The summed E-state index contributed by atoms with van der Waals surface area (Å²) in [5, 5.41) is 10.7. The van der Waals surface area contributed by atoms with Crippen molar-refractivity contribution in [2.24, 2.45) is 5.11 Å². The average Bonchev–Trinajstić information content (AvgIpc) is 3.33. The molecule has 1 fully saturated rings. The van der Waals surface area contributed by atoms with Gasteiger partial charge in [-0.05, 0) is 71.3 Å². The van der Waals surface area contributed by atoms with Gasteiger partial charge in [-0.1, -0.05) is 59.7 Å². The Morgan fingerprint density at radius 1 is 0.941 bits per heavy atom. The Bertz CT molecular complexity index is 1200. The van der Waals surface area contributed by atoms with Crippen LogP contribution in [0.4, 0.5) is 17.1 Å². The molecule has 1 saturated heterocycles.